The van der Waals surface area contributed by atoms with Gasteiger partial charge in [0.1, 0.15) is 5.65 Å². The number of nitrogens with zero attached hydrogens (tertiary/aromatic N) is 4. The Labute approximate surface area is 292 Å². The van der Waals surface area contributed by atoms with Crippen LogP contribution in [-0.2, 0) is 5.41 Å². The van der Waals surface area contributed by atoms with Gasteiger partial charge in [0.2, 0.25) is 0 Å². The zero-order chi connectivity index (χ0) is 33.8. The molecule has 0 fully saturated rings. The second kappa shape index (κ2) is 11.7. The summed E-state index contributed by atoms with van der Waals surface area (Å²) in [4.78, 5) is 4.90. The summed E-state index contributed by atoms with van der Waals surface area (Å²) in [5.41, 5.74) is 13.2. The molecule has 50 heavy (non-hydrogen) atoms. The van der Waals surface area contributed by atoms with Crippen molar-refractivity contribution in [1.82, 2.24) is 14.1 Å². The normalized spacial score (nSPS) is 11.9. The van der Waals surface area contributed by atoms with Crippen molar-refractivity contribution in [1.29, 1.82) is 0 Å². The molecule has 0 atom stereocenters. The van der Waals surface area contributed by atoms with Gasteiger partial charge in [-0.2, -0.15) is 0 Å². The molecule has 0 unspecified atom stereocenters. The number of aromatic nitrogens is 4. The van der Waals surface area contributed by atoms with E-state index in [1.54, 1.807) is 0 Å². The van der Waals surface area contributed by atoms with Crippen molar-refractivity contribution in [3.63, 3.8) is 0 Å². The number of imidazole rings is 1. The van der Waals surface area contributed by atoms with E-state index in [9.17, 15) is 0 Å². The summed E-state index contributed by atoms with van der Waals surface area (Å²) in [5, 5.41) is 2.34. The van der Waals surface area contributed by atoms with Gasteiger partial charge in [0.15, 0.2) is 0 Å². The van der Waals surface area contributed by atoms with E-state index in [0.717, 1.165) is 66.9 Å². The fraction of sp³-hybridized carbons (Fsp3) is 0.0870. The molecule has 0 aliphatic carbocycles. The second-order valence-electron chi connectivity index (χ2n) is 13.9. The van der Waals surface area contributed by atoms with Crippen molar-refractivity contribution in [2.75, 3.05) is 0 Å². The summed E-state index contributed by atoms with van der Waals surface area (Å²) in [7, 11) is 0. The first-order valence-electron chi connectivity index (χ1n) is 17.2. The monoisotopic (exact) mass is 644 g/mol. The summed E-state index contributed by atoms with van der Waals surface area (Å²) < 4.78 is 6.79. The third kappa shape index (κ3) is 4.91. The van der Waals surface area contributed by atoms with Gasteiger partial charge in [-0.3, -0.25) is 13.7 Å². The molecule has 0 aliphatic rings. The highest BCUT2D eigenvalue weighted by molar-refractivity contribution is 6.07. The average Bonchev–Trinajstić information content (AvgIpc) is 3.71. The van der Waals surface area contributed by atoms with Crippen LogP contribution in [0.1, 0.15) is 26.3 Å². The van der Waals surface area contributed by atoms with Gasteiger partial charge in [-0.25, -0.2) is 4.98 Å². The minimum absolute atomic E-state index is 0.101. The zero-order valence-corrected chi connectivity index (χ0v) is 28.4. The number of hydrogen-bond acceptors (Lipinski definition) is 1. The molecule has 0 spiro atoms. The second-order valence-corrected chi connectivity index (χ2v) is 13.9. The van der Waals surface area contributed by atoms with E-state index >= 15 is 0 Å². The molecule has 9 rings (SSSR count). The van der Waals surface area contributed by atoms with E-state index in [2.05, 4.69) is 192 Å². The number of benzene rings is 6. The van der Waals surface area contributed by atoms with Crippen LogP contribution in [0.5, 0.6) is 0 Å². The molecule has 4 heteroatoms. The molecule has 0 N–H and O–H groups in total. The minimum Gasteiger partial charge on any atom is -0.294 e. The van der Waals surface area contributed by atoms with Crippen molar-refractivity contribution in [2.45, 2.75) is 26.2 Å². The van der Waals surface area contributed by atoms with Gasteiger partial charge in [-0.05, 0) is 69.6 Å². The molecular weight excluding hydrogens is 609 g/mol. The summed E-state index contributed by atoms with van der Waals surface area (Å²) >= 11 is 0. The number of hydrogen-bond donors (Lipinski definition) is 0. The lowest BCUT2D eigenvalue weighted by Gasteiger charge is -2.22. The van der Waals surface area contributed by atoms with Crippen LogP contribution in [-0.4, -0.2) is 14.1 Å². The number of para-hydroxylation sites is 4. The molecule has 6 aromatic carbocycles. The van der Waals surface area contributed by atoms with Gasteiger partial charge < -0.3 is 0 Å². The molecule has 0 aliphatic heterocycles. The van der Waals surface area contributed by atoms with E-state index < -0.39 is 0 Å². The van der Waals surface area contributed by atoms with Gasteiger partial charge in [0.25, 0.3) is 6.33 Å². The number of rotatable bonds is 5. The minimum atomic E-state index is -0.101. The largest absolute Gasteiger partial charge is 0.294 e. The highest BCUT2D eigenvalue weighted by Gasteiger charge is 2.23. The van der Waals surface area contributed by atoms with E-state index in [0.29, 0.717) is 0 Å². The van der Waals surface area contributed by atoms with Gasteiger partial charge in [-0.1, -0.05) is 142 Å². The first-order valence-corrected chi connectivity index (χ1v) is 17.2. The summed E-state index contributed by atoms with van der Waals surface area (Å²) in [6.45, 7) is 6.83. The van der Waals surface area contributed by atoms with Crippen LogP contribution in [0.4, 0.5) is 0 Å². The van der Waals surface area contributed by atoms with Crippen LogP contribution < -0.4 is 4.57 Å². The standard InChI is InChI=1S/C46H36N4/c1-46(2,3)34-28-35(30-36(29-34)50-41-24-11-10-20-39(41)40-23-15-27-47-45(40)50)48-31-49(43-26-13-12-25-42(43)48)44-37(32-16-6-4-7-17-32)21-14-22-38(44)33-18-8-5-9-19-33/h4-30H,1-3H3. The predicted octanol–water partition coefficient (Wildman–Crippen LogP) is 10.8. The van der Waals surface area contributed by atoms with Crippen LogP contribution in [0.15, 0.2) is 164 Å². The van der Waals surface area contributed by atoms with Crippen LogP contribution in [0.2, 0.25) is 0 Å². The molecule has 3 heterocycles. The third-order valence-electron chi connectivity index (χ3n) is 9.71. The molecule has 9 aromatic rings. The Bertz CT molecular complexity index is 2560. The number of fused-ring (bicyclic) bond motifs is 4. The summed E-state index contributed by atoms with van der Waals surface area (Å²) in [6.07, 6.45) is 5.76. The van der Waals surface area contributed by atoms with E-state index in [1.807, 2.05) is 12.3 Å². The molecule has 0 saturated carbocycles. The average molecular weight is 645 g/mol. The van der Waals surface area contributed by atoms with Gasteiger partial charge in [-0.15, -0.1) is 0 Å². The highest BCUT2D eigenvalue weighted by Crippen LogP contribution is 2.37. The fourth-order valence-corrected chi connectivity index (χ4v) is 7.25. The van der Waals surface area contributed by atoms with Crippen LogP contribution in [0.25, 0.3) is 72.3 Å². The van der Waals surface area contributed by atoms with Crippen molar-refractivity contribution in [3.05, 3.63) is 176 Å². The first kappa shape index (κ1) is 29.8. The first-order chi connectivity index (χ1) is 24.5. The maximum atomic E-state index is 4.90. The SMILES string of the molecule is CC(C)(C)c1cc(-n2[c-][n+](-c3c(-c4ccccc4)cccc3-c3ccccc3)c3ccccc32)cc(-n2c3ccccc3c3cccnc32)c1. The smallest absolute Gasteiger partial charge is 0.269 e. The molecule has 3 aromatic heterocycles. The Morgan fingerprint density at radius 1 is 0.560 bits per heavy atom. The molecule has 0 radical (unpaired) electrons. The lowest BCUT2D eigenvalue weighted by Crippen LogP contribution is -2.31. The molecule has 0 saturated heterocycles. The van der Waals surface area contributed by atoms with Gasteiger partial charge >= 0.3 is 0 Å². The lowest BCUT2D eigenvalue weighted by molar-refractivity contribution is -0.571. The lowest BCUT2D eigenvalue weighted by atomic mass is 9.86. The quantitative estimate of drug-likeness (QED) is 0.135. The van der Waals surface area contributed by atoms with E-state index in [4.69, 9.17) is 4.98 Å². The van der Waals surface area contributed by atoms with Crippen LogP contribution >= 0.6 is 0 Å². The molecule has 240 valence electrons. The van der Waals surface area contributed by atoms with Crippen molar-refractivity contribution in [3.8, 4) is 39.3 Å². The molecular formula is C46H36N4. The number of pyridine rings is 1. The van der Waals surface area contributed by atoms with Gasteiger partial charge in [0, 0.05) is 22.7 Å². The Morgan fingerprint density at radius 2 is 1.16 bits per heavy atom. The van der Waals surface area contributed by atoms with Crippen molar-refractivity contribution < 1.29 is 4.57 Å². The van der Waals surface area contributed by atoms with E-state index in [1.165, 1.54) is 10.9 Å². The Morgan fingerprint density at radius 3 is 1.86 bits per heavy atom. The molecule has 0 bridgehead atoms. The maximum absolute atomic E-state index is 4.90. The topological polar surface area (TPSA) is 26.6 Å². The summed E-state index contributed by atoms with van der Waals surface area (Å²) in [5.74, 6) is 0. The van der Waals surface area contributed by atoms with Crippen molar-refractivity contribution in [2.24, 2.45) is 0 Å². The summed E-state index contributed by atoms with van der Waals surface area (Å²) in [6, 6.07) is 56.2. The third-order valence-corrected chi connectivity index (χ3v) is 9.71. The Balaban J connectivity index is 1.35. The van der Waals surface area contributed by atoms with E-state index in [-0.39, 0.29) is 5.41 Å². The van der Waals surface area contributed by atoms with Crippen LogP contribution in [0.3, 0.4) is 0 Å². The maximum Gasteiger partial charge on any atom is 0.269 e. The van der Waals surface area contributed by atoms with Gasteiger partial charge in [0.05, 0.1) is 27.9 Å². The zero-order valence-electron chi connectivity index (χ0n) is 28.4. The highest BCUT2D eigenvalue weighted by atomic mass is 15.1. The fourth-order valence-electron chi connectivity index (χ4n) is 7.25. The molecule has 0 amide bonds. The van der Waals surface area contributed by atoms with Crippen molar-refractivity contribution >= 4 is 33.0 Å². The Kier molecular flexibility index (Phi) is 6.99. The predicted molar refractivity (Wildman–Crippen MR) is 205 cm³/mol. The molecule has 4 nitrogen and oxygen atoms in total. The van der Waals surface area contributed by atoms with Crippen LogP contribution in [0, 0.1) is 6.33 Å². The Hall–Kier alpha value is -6.26.